The van der Waals surface area contributed by atoms with Crippen molar-refractivity contribution in [3.05, 3.63) is 53.9 Å². The Kier molecular flexibility index (Phi) is 5.47. The van der Waals surface area contributed by atoms with Gasteiger partial charge in [-0.2, -0.15) is 0 Å². The summed E-state index contributed by atoms with van der Waals surface area (Å²) >= 11 is 0. The van der Waals surface area contributed by atoms with Crippen molar-refractivity contribution in [2.45, 2.75) is 44.6 Å². The van der Waals surface area contributed by atoms with E-state index in [1.165, 1.54) is 5.56 Å². The van der Waals surface area contributed by atoms with Crippen LogP contribution in [0.1, 0.15) is 43.7 Å². The number of hydrogen-bond acceptors (Lipinski definition) is 6. The predicted molar refractivity (Wildman–Crippen MR) is 112 cm³/mol. The monoisotopic (exact) mass is 393 g/mol. The molecule has 0 saturated carbocycles. The maximum absolute atomic E-state index is 12.6. The van der Waals surface area contributed by atoms with E-state index in [0.717, 1.165) is 24.9 Å². The van der Waals surface area contributed by atoms with Crippen molar-refractivity contribution in [2.75, 3.05) is 24.5 Å². The van der Waals surface area contributed by atoms with Gasteiger partial charge >= 0.3 is 0 Å². The van der Waals surface area contributed by atoms with Gasteiger partial charge in [0.25, 0.3) is 5.91 Å². The van der Waals surface area contributed by atoms with Crippen LogP contribution >= 0.6 is 0 Å². The molecule has 0 radical (unpaired) electrons. The van der Waals surface area contributed by atoms with Gasteiger partial charge in [-0.1, -0.05) is 49.3 Å². The standard InChI is InChI=1S/C22H27N5O2/c1-3-17-13-24-21(25-14-17)27-10-9-22(15-27)11-19(26-29-22)20(28)23-12-16(2)18-7-5-4-6-8-18/h4-8,13-14,16H,3,9-12,15H2,1-2H3,(H,23,28). The Morgan fingerprint density at radius 1 is 1.28 bits per heavy atom. The van der Waals surface area contributed by atoms with Gasteiger partial charge in [0.05, 0.1) is 6.54 Å². The van der Waals surface area contributed by atoms with Gasteiger partial charge in [0, 0.05) is 38.3 Å². The second-order valence-electron chi connectivity index (χ2n) is 7.93. The molecule has 1 aromatic heterocycles. The Hall–Kier alpha value is -2.96. The molecule has 7 heteroatoms. The van der Waals surface area contributed by atoms with E-state index in [-0.39, 0.29) is 11.8 Å². The Labute approximate surface area is 171 Å². The maximum atomic E-state index is 12.6. The van der Waals surface area contributed by atoms with Crippen LogP contribution in [0.4, 0.5) is 5.95 Å². The minimum atomic E-state index is -0.454. The number of rotatable bonds is 6. The molecule has 1 amide bonds. The molecule has 0 bridgehead atoms. The lowest BCUT2D eigenvalue weighted by Crippen LogP contribution is -2.38. The number of amides is 1. The molecule has 1 saturated heterocycles. The highest BCUT2D eigenvalue weighted by Gasteiger charge is 2.47. The highest BCUT2D eigenvalue weighted by molar-refractivity contribution is 6.39. The molecule has 1 N–H and O–H groups in total. The molecule has 7 nitrogen and oxygen atoms in total. The number of hydrogen-bond donors (Lipinski definition) is 1. The van der Waals surface area contributed by atoms with Crippen molar-refractivity contribution < 1.29 is 9.63 Å². The lowest BCUT2D eigenvalue weighted by Gasteiger charge is -2.21. The van der Waals surface area contributed by atoms with Crippen LogP contribution in [0.5, 0.6) is 0 Å². The third kappa shape index (κ3) is 4.23. The fraction of sp³-hybridized carbons (Fsp3) is 0.455. The molecule has 2 aromatic rings. The third-order valence-electron chi connectivity index (χ3n) is 5.74. The summed E-state index contributed by atoms with van der Waals surface area (Å²) in [5, 5.41) is 7.11. The number of benzene rings is 1. The number of nitrogens with one attached hydrogen (secondary N) is 1. The predicted octanol–water partition coefficient (Wildman–Crippen LogP) is 2.68. The fourth-order valence-electron chi connectivity index (χ4n) is 3.82. The molecular formula is C22H27N5O2. The Morgan fingerprint density at radius 3 is 2.76 bits per heavy atom. The van der Waals surface area contributed by atoms with E-state index in [1.807, 2.05) is 30.6 Å². The van der Waals surface area contributed by atoms with Gasteiger partial charge in [-0.15, -0.1) is 0 Å². The maximum Gasteiger partial charge on any atom is 0.269 e. The first-order chi connectivity index (χ1) is 14.1. The average molecular weight is 393 g/mol. The average Bonchev–Trinajstić information content (AvgIpc) is 3.39. The first-order valence-electron chi connectivity index (χ1n) is 10.2. The largest absolute Gasteiger partial charge is 0.386 e. The van der Waals surface area contributed by atoms with Crippen LogP contribution in [-0.2, 0) is 16.1 Å². The topological polar surface area (TPSA) is 79.7 Å². The number of carbonyl (C=O) groups excluding carboxylic acids is 1. The van der Waals surface area contributed by atoms with Gasteiger partial charge in [-0.25, -0.2) is 9.97 Å². The summed E-state index contributed by atoms with van der Waals surface area (Å²) in [5.74, 6) is 0.797. The van der Waals surface area contributed by atoms with Gasteiger partial charge < -0.3 is 15.1 Å². The van der Waals surface area contributed by atoms with E-state index in [1.54, 1.807) is 0 Å². The Bertz CT molecular complexity index is 884. The van der Waals surface area contributed by atoms with Crippen LogP contribution in [0.3, 0.4) is 0 Å². The number of aryl methyl sites for hydroxylation is 1. The number of oxime groups is 1. The van der Waals surface area contributed by atoms with E-state index in [2.05, 4.69) is 51.3 Å². The van der Waals surface area contributed by atoms with E-state index in [4.69, 9.17) is 4.84 Å². The zero-order valence-corrected chi connectivity index (χ0v) is 17.0. The first kappa shape index (κ1) is 19.4. The number of carbonyl (C=O) groups is 1. The smallest absolute Gasteiger partial charge is 0.269 e. The molecule has 2 atom stereocenters. The lowest BCUT2D eigenvalue weighted by atomic mass is 9.96. The zero-order chi connectivity index (χ0) is 20.3. The first-order valence-corrected chi connectivity index (χ1v) is 10.2. The number of nitrogens with zero attached hydrogens (tertiary/aromatic N) is 4. The molecule has 0 aliphatic carbocycles. The molecule has 2 aliphatic rings. The summed E-state index contributed by atoms with van der Waals surface area (Å²) in [6.07, 6.45) is 5.97. The highest BCUT2D eigenvalue weighted by atomic mass is 16.7. The SMILES string of the molecule is CCc1cnc(N2CCC3(CC(C(=O)NCC(C)c4ccccc4)=NO3)C2)nc1. The van der Waals surface area contributed by atoms with Gasteiger partial charge in [0.15, 0.2) is 5.60 Å². The van der Waals surface area contributed by atoms with Crippen LogP contribution in [0.25, 0.3) is 0 Å². The van der Waals surface area contributed by atoms with Crippen LogP contribution in [0, 0.1) is 0 Å². The van der Waals surface area contributed by atoms with Crippen molar-refractivity contribution in [2.24, 2.45) is 5.16 Å². The Morgan fingerprint density at radius 2 is 2.03 bits per heavy atom. The molecular weight excluding hydrogens is 366 g/mol. The summed E-state index contributed by atoms with van der Waals surface area (Å²) in [6.45, 7) is 6.18. The third-order valence-corrected chi connectivity index (χ3v) is 5.74. The van der Waals surface area contributed by atoms with Crippen LogP contribution in [0.15, 0.2) is 47.9 Å². The van der Waals surface area contributed by atoms with Gasteiger partial charge in [-0.05, 0) is 23.5 Å². The summed E-state index contributed by atoms with van der Waals surface area (Å²) in [6, 6.07) is 10.2. The second-order valence-corrected chi connectivity index (χ2v) is 7.93. The molecule has 2 unspecified atom stereocenters. The van der Waals surface area contributed by atoms with Crippen LogP contribution in [0.2, 0.25) is 0 Å². The van der Waals surface area contributed by atoms with E-state index < -0.39 is 5.60 Å². The fourth-order valence-corrected chi connectivity index (χ4v) is 3.82. The van der Waals surface area contributed by atoms with Crippen LogP contribution in [-0.4, -0.2) is 46.8 Å². The summed E-state index contributed by atoms with van der Waals surface area (Å²) in [5.41, 5.74) is 2.33. The second kappa shape index (κ2) is 8.19. The zero-order valence-electron chi connectivity index (χ0n) is 17.0. The van der Waals surface area contributed by atoms with Crippen molar-refractivity contribution in [3.63, 3.8) is 0 Å². The minimum Gasteiger partial charge on any atom is -0.386 e. The number of aromatic nitrogens is 2. The lowest BCUT2D eigenvalue weighted by molar-refractivity contribution is -0.115. The molecule has 1 spiro atoms. The van der Waals surface area contributed by atoms with Crippen molar-refractivity contribution in [1.29, 1.82) is 0 Å². The molecule has 2 aliphatic heterocycles. The van der Waals surface area contributed by atoms with Gasteiger partial charge in [0.2, 0.25) is 5.95 Å². The van der Waals surface area contributed by atoms with Crippen molar-refractivity contribution in [1.82, 2.24) is 15.3 Å². The molecule has 29 heavy (non-hydrogen) atoms. The molecule has 1 aromatic carbocycles. The van der Waals surface area contributed by atoms with Gasteiger partial charge in [-0.3, -0.25) is 4.79 Å². The van der Waals surface area contributed by atoms with E-state index in [9.17, 15) is 4.79 Å². The normalized spacial score (nSPS) is 21.7. The molecule has 1 fully saturated rings. The van der Waals surface area contributed by atoms with Gasteiger partial charge in [0.1, 0.15) is 5.71 Å². The Balaban J connectivity index is 1.30. The number of anilines is 1. The van der Waals surface area contributed by atoms with Crippen molar-refractivity contribution in [3.8, 4) is 0 Å². The summed E-state index contributed by atoms with van der Waals surface area (Å²) < 4.78 is 0. The summed E-state index contributed by atoms with van der Waals surface area (Å²) in [7, 11) is 0. The van der Waals surface area contributed by atoms with E-state index >= 15 is 0 Å². The highest BCUT2D eigenvalue weighted by Crippen LogP contribution is 2.35. The van der Waals surface area contributed by atoms with Crippen molar-refractivity contribution >= 4 is 17.6 Å². The van der Waals surface area contributed by atoms with Crippen LogP contribution < -0.4 is 10.2 Å². The summed E-state index contributed by atoms with van der Waals surface area (Å²) in [4.78, 5) is 29.4. The molecule has 4 rings (SSSR count). The minimum absolute atomic E-state index is 0.147. The molecule has 152 valence electrons. The quantitative estimate of drug-likeness (QED) is 0.816. The van der Waals surface area contributed by atoms with E-state index in [0.29, 0.717) is 31.2 Å². The molecule has 3 heterocycles.